The monoisotopic (exact) mass is 161 g/mol. The standard InChI is InChI=1S/C10H10O2/c1-2-5-8-6-3-4-7-9(8)10(11)12/h2-4,6-7H,1,5H2,(H,11,12)/p-1. The molecule has 0 unspecified atom stereocenters. The number of hydrogen-bond donors (Lipinski definition) is 0. The number of rotatable bonds is 3. The molecule has 12 heavy (non-hydrogen) atoms. The zero-order valence-corrected chi connectivity index (χ0v) is 6.62. The van der Waals surface area contributed by atoms with Gasteiger partial charge >= 0.3 is 0 Å². The lowest BCUT2D eigenvalue weighted by atomic mass is 10.1. The van der Waals surface area contributed by atoms with E-state index >= 15 is 0 Å². The summed E-state index contributed by atoms with van der Waals surface area (Å²) in [5, 5.41) is 10.6. The van der Waals surface area contributed by atoms with Crippen molar-refractivity contribution in [3.63, 3.8) is 0 Å². The number of aromatic carboxylic acids is 1. The number of carbonyl (C=O) groups is 1. The number of hydrogen-bond acceptors (Lipinski definition) is 2. The van der Waals surface area contributed by atoms with Crippen LogP contribution in [0.25, 0.3) is 0 Å². The molecule has 0 N–H and O–H groups in total. The molecule has 2 heteroatoms. The quantitative estimate of drug-likeness (QED) is 0.614. The van der Waals surface area contributed by atoms with E-state index in [1.165, 1.54) is 6.07 Å². The largest absolute Gasteiger partial charge is 0.545 e. The minimum Gasteiger partial charge on any atom is -0.545 e. The molecule has 1 rings (SSSR count). The van der Waals surface area contributed by atoms with Crippen LogP contribution in [0.2, 0.25) is 0 Å². The maximum atomic E-state index is 10.6. The van der Waals surface area contributed by atoms with Crippen molar-refractivity contribution in [3.05, 3.63) is 48.0 Å². The van der Waals surface area contributed by atoms with Crippen LogP contribution in [-0.4, -0.2) is 5.97 Å². The highest BCUT2D eigenvalue weighted by atomic mass is 16.4. The summed E-state index contributed by atoms with van der Waals surface area (Å²) < 4.78 is 0. The fraction of sp³-hybridized carbons (Fsp3) is 0.100. The summed E-state index contributed by atoms with van der Waals surface area (Å²) >= 11 is 0. The van der Waals surface area contributed by atoms with E-state index in [0.717, 1.165) is 5.56 Å². The highest BCUT2D eigenvalue weighted by Crippen LogP contribution is 2.08. The summed E-state index contributed by atoms with van der Waals surface area (Å²) in [6.07, 6.45) is 2.23. The van der Waals surface area contributed by atoms with Crippen molar-refractivity contribution in [3.8, 4) is 0 Å². The van der Waals surface area contributed by atoms with Crippen LogP contribution < -0.4 is 5.11 Å². The van der Waals surface area contributed by atoms with Gasteiger partial charge in [-0.2, -0.15) is 0 Å². The van der Waals surface area contributed by atoms with Crippen molar-refractivity contribution in [1.29, 1.82) is 0 Å². The molecule has 62 valence electrons. The van der Waals surface area contributed by atoms with E-state index in [2.05, 4.69) is 6.58 Å². The summed E-state index contributed by atoms with van der Waals surface area (Å²) in [6.45, 7) is 3.54. The Labute approximate surface area is 71.2 Å². The lowest BCUT2D eigenvalue weighted by Crippen LogP contribution is -2.23. The Morgan fingerprint density at radius 1 is 1.50 bits per heavy atom. The van der Waals surface area contributed by atoms with E-state index in [0.29, 0.717) is 6.42 Å². The predicted octanol–water partition coefficient (Wildman–Crippen LogP) is 0.779. The second kappa shape index (κ2) is 3.72. The summed E-state index contributed by atoms with van der Waals surface area (Å²) in [6, 6.07) is 6.77. The molecule has 0 spiro atoms. The highest BCUT2D eigenvalue weighted by molar-refractivity contribution is 5.87. The van der Waals surface area contributed by atoms with Gasteiger partial charge in [-0.1, -0.05) is 30.3 Å². The topological polar surface area (TPSA) is 40.1 Å². The third-order valence-electron chi connectivity index (χ3n) is 1.60. The first-order valence-corrected chi connectivity index (χ1v) is 3.66. The zero-order chi connectivity index (χ0) is 8.97. The maximum Gasteiger partial charge on any atom is 0.0718 e. The van der Waals surface area contributed by atoms with Crippen LogP contribution in [0.4, 0.5) is 0 Å². The molecule has 2 nitrogen and oxygen atoms in total. The normalized spacial score (nSPS) is 9.33. The Kier molecular flexibility index (Phi) is 2.64. The van der Waals surface area contributed by atoms with Gasteiger partial charge < -0.3 is 9.90 Å². The van der Waals surface area contributed by atoms with Crippen molar-refractivity contribution in [2.24, 2.45) is 0 Å². The van der Waals surface area contributed by atoms with Crippen molar-refractivity contribution in [2.75, 3.05) is 0 Å². The van der Waals surface area contributed by atoms with Crippen molar-refractivity contribution >= 4 is 5.97 Å². The number of benzene rings is 1. The Hall–Kier alpha value is -1.57. The number of allylic oxidation sites excluding steroid dienone is 1. The Balaban J connectivity index is 3.07. The van der Waals surface area contributed by atoms with E-state index < -0.39 is 5.97 Å². The van der Waals surface area contributed by atoms with Crippen molar-refractivity contribution in [2.45, 2.75) is 6.42 Å². The Morgan fingerprint density at radius 2 is 2.17 bits per heavy atom. The SMILES string of the molecule is C=CCc1ccccc1C(=O)[O-]. The van der Waals surface area contributed by atoms with Gasteiger partial charge in [0.15, 0.2) is 0 Å². The van der Waals surface area contributed by atoms with Gasteiger partial charge in [-0.3, -0.25) is 0 Å². The average molecular weight is 161 g/mol. The maximum absolute atomic E-state index is 10.6. The molecule has 0 atom stereocenters. The molecule has 0 amide bonds. The summed E-state index contributed by atoms with van der Waals surface area (Å²) in [5.41, 5.74) is 0.991. The van der Waals surface area contributed by atoms with Gasteiger partial charge in [-0.05, 0) is 12.0 Å². The van der Waals surface area contributed by atoms with Crippen LogP contribution in [0.3, 0.4) is 0 Å². The first-order valence-electron chi connectivity index (χ1n) is 3.66. The van der Waals surface area contributed by atoms with Crippen LogP contribution in [0.15, 0.2) is 36.9 Å². The van der Waals surface area contributed by atoms with Crippen LogP contribution >= 0.6 is 0 Å². The predicted molar refractivity (Wildman–Crippen MR) is 44.7 cm³/mol. The second-order valence-corrected chi connectivity index (χ2v) is 2.44. The Bertz CT molecular complexity index is 302. The van der Waals surface area contributed by atoms with E-state index in [9.17, 15) is 9.90 Å². The number of carbonyl (C=O) groups excluding carboxylic acids is 1. The number of carboxylic acid groups (broad SMARTS) is 1. The molecule has 1 aromatic carbocycles. The van der Waals surface area contributed by atoms with E-state index in [-0.39, 0.29) is 5.56 Å². The lowest BCUT2D eigenvalue weighted by Gasteiger charge is -2.07. The molecule has 0 aliphatic heterocycles. The van der Waals surface area contributed by atoms with Gasteiger partial charge in [-0.15, -0.1) is 6.58 Å². The molecule has 0 saturated carbocycles. The van der Waals surface area contributed by atoms with Gasteiger partial charge in [0.2, 0.25) is 0 Å². The minimum atomic E-state index is -1.13. The fourth-order valence-electron chi connectivity index (χ4n) is 1.05. The first kappa shape index (κ1) is 8.53. The summed E-state index contributed by atoms with van der Waals surface area (Å²) in [7, 11) is 0. The van der Waals surface area contributed by atoms with Gasteiger partial charge in [0.05, 0.1) is 5.97 Å². The molecule has 0 heterocycles. The van der Waals surface area contributed by atoms with E-state index in [1.54, 1.807) is 24.3 Å². The Morgan fingerprint density at radius 3 is 2.75 bits per heavy atom. The zero-order valence-electron chi connectivity index (χ0n) is 6.62. The lowest BCUT2D eigenvalue weighted by molar-refractivity contribution is -0.255. The van der Waals surface area contributed by atoms with Crippen LogP contribution in [-0.2, 0) is 6.42 Å². The molecule has 0 bridgehead atoms. The van der Waals surface area contributed by atoms with Crippen molar-refractivity contribution < 1.29 is 9.90 Å². The van der Waals surface area contributed by atoms with Crippen LogP contribution in [0, 0.1) is 0 Å². The summed E-state index contributed by atoms with van der Waals surface area (Å²) in [5.74, 6) is -1.13. The molecule has 0 saturated heterocycles. The third kappa shape index (κ3) is 1.72. The second-order valence-electron chi connectivity index (χ2n) is 2.44. The molecule has 0 fully saturated rings. The van der Waals surface area contributed by atoms with Gasteiger partial charge in [0.25, 0.3) is 0 Å². The van der Waals surface area contributed by atoms with Crippen LogP contribution in [0.5, 0.6) is 0 Å². The average Bonchev–Trinajstić information content (AvgIpc) is 2.05. The third-order valence-corrected chi connectivity index (χ3v) is 1.60. The van der Waals surface area contributed by atoms with Crippen molar-refractivity contribution in [1.82, 2.24) is 0 Å². The van der Waals surface area contributed by atoms with Gasteiger partial charge in [0.1, 0.15) is 0 Å². The molecule has 0 aromatic heterocycles. The minimum absolute atomic E-state index is 0.248. The molecular formula is C10H9O2-. The first-order chi connectivity index (χ1) is 5.75. The molecule has 1 aromatic rings. The fourth-order valence-corrected chi connectivity index (χ4v) is 1.05. The van der Waals surface area contributed by atoms with Crippen LogP contribution in [0.1, 0.15) is 15.9 Å². The molecule has 0 radical (unpaired) electrons. The van der Waals surface area contributed by atoms with E-state index in [4.69, 9.17) is 0 Å². The van der Waals surface area contributed by atoms with Gasteiger partial charge in [0, 0.05) is 5.56 Å². The molecule has 0 aliphatic rings. The smallest absolute Gasteiger partial charge is 0.0718 e. The van der Waals surface area contributed by atoms with E-state index in [1.807, 2.05) is 0 Å². The molecular weight excluding hydrogens is 152 g/mol. The highest BCUT2D eigenvalue weighted by Gasteiger charge is 1.98. The van der Waals surface area contributed by atoms with Gasteiger partial charge in [-0.25, -0.2) is 0 Å². The molecule has 0 aliphatic carbocycles. The summed E-state index contributed by atoms with van der Waals surface area (Å²) in [4.78, 5) is 10.6. The number of carboxylic acids is 1.